The number of carbonyl (C=O) groups excluding carboxylic acids is 1. The highest BCUT2D eigenvalue weighted by atomic mass is 35.5. The van der Waals surface area contributed by atoms with Gasteiger partial charge in [-0.2, -0.15) is 0 Å². The van der Waals surface area contributed by atoms with Crippen molar-refractivity contribution >= 4 is 23.3 Å². The van der Waals surface area contributed by atoms with Crippen LogP contribution in [0, 0.1) is 0 Å². The second-order valence-corrected chi connectivity index (χ2v) is 4.79. The summed E-state index contributed by atoms with van der Waals surface area (Å²) in [7, 11) is 0. The second-order valence-electron chi connectivity index (χ2n) is 4.36. The van der Waals surface area contributed by atoms with E-state index in [1.807, 2.05) is 18.3 Å². The fraction of sp³-hybridized carbons (Fsp3) is 0.200. The van der Waals surface area contributed by atoms with E-state index >= 15 is 0 Å². The van der Waals surface area contributed by atoms with E-state index in [0.29, 0.717) is 17.3 Å². The maximum atomic E-state index is 11.7. The van der Waals surface area contributed by atoms with Crippen LogP contribution in [0.4, 0.5) is 10.5 Å². The summed E-state index contributed by atoms with van der Waals surface area (Å²) >= 11 is 5.85. The van der Waals surface area contributed by atoms with E-state index in [1.54, 1.807) is 30.5 Å². The Bertz CT molecular complexity index is 560. The second kappa shape index (κ2) is 7.50. The monoisotopic (exact) mass is 289 g/mol. The SMILES string of the molecule is O=C(NCCCc1cccnc1)Nc1cccc(Cl)c1. The minimum Gasteiger partial charge on any atom is -0.338 e. The van der Waals surface area contributed by atoms with Gasteiger partial charge in [-0.3, -0.25) is 4.98 Å². The predicted molar refractivity (Wildman–Crippen MR) is 81.0 cm³/mol. The Labute approximate surface area is 123 Å². The molecule has 2 rings (SSSR count). The molecular formula is C15H16ClN3O. The van der Waals surface area contributed by atoms with Gasteiger partial charge < -0.3 is 10.6 Å². The first-order valence-corrected chi connectivity index (χ1v) is 6.81. The molecule has 0 aliphatic heterocycles. The van der Waals surface area contributed by atoms with Crippen LogP contribution in [0.2, 0.25) is 5.02 Å². The molecule has 20 heavy (non-hydrogen) atoms. The van der Waals surface area contributed by atoms with Crippen LogP contribution >= 0.6 is 11.6 Å². The number of halogens is 1. The maximum Gasteiger partial charge on any atom is 0.319 e. The molecule has 0 aliphatic rings. The van der Waals surface area contributed by atoms with Gasteiger partial charge in [0.05, 0.1) is 0 Å². The van der Waals surface area contributed by atoms with E-state index in [9.17, 15) is 4.79 Å². The van der Waals surface area contributed by atoms with Crippen molar-refractivity contribution in [2.45, 2.75) is 12.8 Å². The van der Waals surface area contributed by atoms with Gasteiger partial charge in [-0.15, -0.1) is 0 Å². The smallest absolute Gasteiger partial charge is 0.319 e. The molecule has 0 atom stereocenters. The summed E-state index contributed by atoms with van der Waals surface area (Å²) in [4.78, 5) is 15.7. The van der Waals surface area contributed by atoms with E-state index < -0.39 is 0 Å². The third-order valence-electron chi connectivity index (χ3n) is 2.73. The number of hydrogen-bond donors (Lipinski definition) is 2. The van der Waals surface area contributed by atoms with Crippen LogP contribution < -0.4 is 10.6 Å². The molecule has 2 aromatic rings. The number of hydrogen-bond acceptors (Lipinski definition) is 2. The van der Waals surface area contributed by atoms with Gasteiger partial charge in [0.15, 0.2) is 0 Å². The molecule has 2 N–H and O–H groups in total. The average Bonchev–Trinajstić information content (AvgIpc) is 2.45. The third kappa shape index (κ3) is 4.90. The number of rotatable bonds is 5. The van der Waals surface area contributed by atoms with E-state index in [4.69, 9.17) is 11.6 Å². The molecule has 104 valence electrons. The lowest BCUT2D eigenvalue weighted by molar-refractivity contribution is 0.252. The first kappa shape index (κ1) is 14.3. The van der Waals surface area contributed by atoms with Crippen molar-refractivity contribution in [3.05, 3.63) is 59.4 Å². The molecule has 1 heterocycles. The number of aromatic nitrogens is 1. The first-order valence-electron chi connectivity index (χ1n) is 6.43. The largest absolute Gasteiger partial charge is 0.338 e. The minimum atomic E-state index is -0.224. The molecule has 2 amide bonds. The molecule has 1 aromatic heterocycles. The van der Waals surface area contributed by atoms with Gasteiger partial charge in [-0.05, 0) is 42.7 Å². The molecular weight excluding hydrogens is 274 g/mol. The van der Waals surface area contributed by atoms with Crippen molar-refractivity contribution in [1.82, 2.24) is 10.3 Å². The van der Waals surface area contributed by atoms with Gasteiger partial charge in [0.2, 0.25) is 0 Å². The molecule has 0 saturated heterocycles. The molecule has 0 spiro atoms. The van der Waals surface area contributed by atoms with Crippen LogP contribution in [0.1, 0.15) is 12.0 Å². The van der Waals surface area contributed by atoms with Gasteiger partial charge in [0.1, 0.15) is 0 Å². The van der Waals surface area contributed by atoms with Gasteiger partial charge in [-0.1, -0.05) is 23.7 Å². The van der Waals surface area contributed by atoms with Crippen molar-refractivity contribution in [3.63, 3.8) is 0 Å². The molecule has 1 aromatic carbocycles. The highest BCUT2D eigenvalue weighted by Crippen LogP contribution is 2.14. The highest BCUT2D eigenvalue weighted by molar-refractivity contribution is 6.30. The van der Waals surface area contributed by atoms with Crippen LogP contribution in [0.15, 0.2) is 48.8 Å². The van der Waals surface area contributed by atoms with E-state index in [-0.39, 0.29) is 6.03 Å². The van der Waals surface area contributed by atoms with Crippen molar-refractivity contribution in [2.75, 3.05) is 11.9 Å². The Balaban J connectivity index is 1.68. The van der Waals surface area contributed by atoms with Crippen LogP contribution in [0.25, 0.3) is 0 Å². The number of anilines is 1. The molecule has 0 fully saturated rings. The fourth-order valence-electron chi connectivity index (χ4n) is 1.78. The molecule has 0 unspecified atom stereocenters. The Morgan fingerprint density at radius 1 is 1.25 bits per heavy atom. The van der Waals surface area contributed by atoms with Crippen LogP contribution in [-0.2, 0) is 6.42 Å². The number of nitrogens with zero attached hydrogens (tertiary/aromatic N) is 1. The molecule has 4 nitrogen and oxygen atoms in total. The summed E-state index contributed by atoms with van der Waals surface area (Å²) in [6.07, 6.45) is 5.35. The zero-order valence-electron chi connectivity index (χ0n) is 11.0. The number of pyridine rings is 1. The average molecular weight is 290 g/mol. The molecule has 0 radical (unpaired) electrons. The summed E-state index contributed by atoms with van der Waals surface area (Å²) in [6.45, 7) is 0.612. The Morgan fingerprint density at radius 2 is 2.15 bits per heavy atom. The third-order valence-corrected chi connectivity index (χ3v) is 2.97. The first-order chi connectivity index (χ1) is 9.74. The lowest BCUT2D eigenvalue weighted by Gasteiger charge is -2.07. The van der Waals surface area contributed by atoms with Gasteiger partial charge in [-0.25, -0.2) is 4.79 Å². The quantitative estimate of drug-likeness (QED) is 0.828. The summed E-state index contributed by atoms with van der Waals surface area (Å²) < 4.78 is 0. The highest BCUT2D eigenvalue weighted by Gasteiger charge is 2.01. The van der Waals surface area contributed by atoms with E-state index in [2.05, 4.69) is 15.6 Å². The van der Waals surface area contributed by atoms with Crippen LogP contribution in [0.3, 0.4) is 0 Å². The van der Waals surface area contributed by atoms with Crippen molar-refractivity contribution in [1.29, 1.82) is 0 Å². The van der Waals surface area contributed by atoms with Gasteiger partial charge in [0.25, 0.3) is 0 Å². The van der Waals surface area contributed by atoms with E-state index in [0.717, 1.165) is 12.8 Å². The fourth-order valence-corrected chi connectivity index (χ4v) is 1.97. The number of carbonyl (C=O) groups is 1. The number of nitrogens with one attached hydrogen (secondary N) is 2. The predicted octanol–water partition coefficient (Wildman–Crippen LogP) is 3.49. The number of amides is 2. The van der Waals surface area contributed by atoms with E-state index in [1.165, 1.54) is 5.56 Å². The molecule has 0 aliphatic carbocycles. The van der Waals surface area contributed by atoms with Crippen molar-refractivity contribution in [3.8, 4) is 0 Å². The summed E-state index contributed by atoms with van der Waals surface area (Å²) in [5, 5.41) is 6.14. The number of urea groups is 1. The maximum absolute atomic E-state index is 11.7. The van der Waals surface area contributed by atoms with Crippen LogP contribution in [0.5, 0.6) is 0 Å². The van der Waals surface area contributed by atoms with Gasteiger partial charge >= 0.3 is 6.03 Å². The lowest BCUT2D eigenvalue weighted by atomic mass is 10.1. The minimum absolute atomic E-state index is 0.224. The Kier molecular flexibility index (Phi) is 5.38. The van der Waals surface area contributed by atoms with Crippen molar-refractivity contribution in [2.24, 2.45) is 0 Å². The summed E-state index contributed by atoms with van der Waals surface area (Å²) in [5.41, 5.74) is 1.85. The standard InChI is InChI=1S/C15H16ClN3O/c16-13-6-1-7-14(10-13)19-15(20)18-9-3-5-12-4-2-8-17-11-12/h1-2,4,6-8,10-11H,3,5,9H2,(H2,18,19,20). The number of aryl methyl sites for hydroxylation is 1. The lowest BCUT2D eigenvalue weighted by Crippen LogP contribution is -2.29. The molecule has 0 bridgehead atoms. The summed E-state index contributed by atoms with van der Waals surface area (Å²) in [6, 6.07) is 10.8. The molecule has 5 heteroatoms. The van der Waals surface area contributed by atoms with Crippen LogP contribution in [-0.4, -0.2) is 17.6 Å². The zero-order valence-corrected chi connectivity index (χ0v) is 11.7. The van der Waals surface area contributed by atoms with Crippen molar-refractivity contribution < 1.29 is 4.79 Å². The number of benzene rings is 1. The Morgan fingerprint density at radius 3 is 2.90 bits per heavy atom. The Hall–Kier alpha value is -2.07. The topological polar surface area (TPSA) is 54.0 Å². The zero-order chi connectivity index (χ0) is 14.2. The van der Waals surface area contributed by atoms with Gasteiger partial charge in [0, 0.05) is 29.6 Å². The summed E-state index contributed by atoms with van der Waals surface area (Å²) in [5.74, 6) is 0. The molecule has 0 saturated carbocycles. The normalized spacial score (nSPS) is 10.1.